The predicted molar refractivity (Wildman–Crippen MR) is 56.9 cm³/mol. The van der Waals surface area contributed by atoms with E-state index in [4.69, 9.17) is 4.74 Å². The molecule has 3 N–H and O–H groups in total. The minimum atomic E-state index is -0.261. The van der Waals surface area contributed by atoms with Crippen molar-refractivity contribution in [2.24, 2.45) is 5.92 Å². The minimum absolute atomic E-state index is 0.261. The van der Waals surface area contributed by atoms with Gasteiger partial charge in [-0.15, -0.1) is 0 Å². The fraction of sp³-hybridized carbons (Fsp3) is 0.667. The van der Waals surface area contributed by atoms with Gasteiger partial charge in [-0.3, -0.25) is 5.32 Å². The monoisotopic (exact) mass is 225 g/mol. The summed E-state index contributed by atoms with van der Waals surface area (Å²) in [7, 11) is 0. The Morgan fingerprint density at radius 3 is 3.06 bits per heavy atom. The van der Waals surface area contributed by atoms with E-state index < -0.39 is 0 Å². The maximum atomic E-state index is 11.4. The third-order valence-corrected chi connectivity index (χ3v) is 2.54. The maximum Gasteiger partial charge on any atom is 0.321 e. The summed E-state index contributed by atoms with van der Waals surface area (Å²) < 4.78 is 5.24. The first-order valence-electron chi connectivity index (χ1n) is 5.32. The van der Waals surface area contributed by atoms with Crippen molar-refractivity contribution < 1.29 is 9.53 Å². The van der Waals surface area contributed by atoms with Crippen molar-refractivity contribution in [1.82, 2.24) is 20.5 Å². The molecule has 2 rings (SSSR count). The Morgan fingerprint density at radius 1 is 1.56 bits per heavy atom. The van der Waals surface area contributed by atoms with E-state index in [1.54, 1.807) is 0 Å². The third kappa shape index (κ3) is 3.20. The minimum Gasteiger partial charge on any atom is -0.381 e. The number of nitrogens with one attached hydrogen (secondary N) is 3. The second kappa shape index (κ2) is 5.45. The van der Waals surface area contributed by atoms with Gasteiger partial charge in [-0.1, -0.05) is 0 Å². The number of carbonyl (C=O) groups is 1. The van der Waals surface area contributed by atoms with Crippen LogP contribution in [0.3, 0.4) is 0 Å². The summed E-state index contributed by atoms with van der Waals surface area (Å²) in [5, 5.41) is 11.5. The van der Waals surface area contributed by atoms with E-state index in [0.717, 1.165) is 26.1 Å². The highest BCUT2D eigenvalue weighted by atomic mass is 16.5. The molecule has 1 aliphatic heterocycles. The summed E-state index contributed by atoms with van der Waals surface area (Å²) in [6.07, 6.45) is 3.35. The molecule has 88 valence electrons. The van der Waals surface area contributed by atoms with Crippen LogP contribution in [0.25, 0.3) is 0 Å². The van der Waals surface area contributed by atoms with Gasteiger partial charge in [0.05, 0.1) is 0 Å². The van der Waals surface area contributed by atoms with E-state index in [1.165, 1.54) is 6.33 Å². The molecule has 1 fully saturated rings. The van der Waals surface area contributed by atoms with Gasteiger partial charge in [0, 0.05) is 19.8 Å². The van der Waals surface area contributed by atoms with Crippen LogP contribution in [0.5, 0.6) is 0 Å². The van der Waals surface area contributed by atoms with Gasteiger partial charge in [0.2, 0.25) is 5.95 Å². The number of rotatable bonds is 3. The number of carbonyl (C=O) groups excluding carboxylic acids is 1. The van der Waals surface area contributed by atoms with Crippen molar-refractivity contribution in [3.8, 4) is 0 Å². The van der Waals surface area contributed by atoms with Gasteiger partial charge in [-0.05, 0) is 18.8 Å². The first kappa shape index (κ1) is 10.9. The van der Waals surface area contributed by atoms with Gasteiger partial charge in [0.25, 0.3) is 0 Å². The van der Waals surface area contributed by atoms with Crippen LogP contribution in [-0.2, 0) is 4.74 Å². The highest BCUT2D eigenvalue weighted by Crippen LogP contribution is 2.13. The number of ether oxygens (including phenoxy) is 1. The molecule has 16 heavy (non-hydrogen) atoms. The van der Waals surface area contributed by atoms with Crippen molar-refractivity contribution in [2.75, 3.05) is 25.1 Å². The summed E-state index contributed by atoms with van der Waals surface area (Å²) in [6.45, 7) is 2.25. The Morgan fingerprint density at radius 2 is 2.38 bits per heavy atom. The van der Waals surface area contributed by atoms with E-state index in [1.807, 2.05) is 0 Å². The number of nitrogens with zero attached hydrogens (tertiary/aromatic N) is 2. The Balaban J connectivity index is 1.67. The van der Waals surface area contributed by atoms with Crippen LogP contribution in [0.2, 0.25) is 0 Å². The molecule has 2 amide bonds. The highest BCUT2D eigenvalue weighted by molar-refractivity contribution is 5.87. The second-order valence-electron chi connectivity index (χ2n) is 3.72. The Bertz CT molecular complexity index is 321. The van der Waals surface area contributed by atoms with Crippen LogP contribution in [0, 0.1) is 5.92 Å². The average molecular weight is 225 g/mol. The van der Waals surface area contributed by atoms with E-state index in [9.17, 15) is 4.79 Å². The van der Waals surface area contributed by atoms with E-state index in [2.05, 4.69) is 25.8 Å². The molecule has 0 atom stereocenters. The molecule has 7 nitrogen and oxygen atoms in total. The molecule has 1 saturated heterocycles. The smallest absolute Gasteiger partial charge is 0.321 e. The molecule has 2 heterocycles. The second-order valence-corrected chi connectivity index (χ2v) is 3.72. The predicted octanol–water partition coefficient (Wildman–Crippen LogP) is 0.353. The Kier molecular flexibility index (Phi) is 3.71. The van der Waals surface area contributed by atoms with Crippen molar-refractivity contribution >= 4 is 12.0 Å². The quantitative estimate of drug-likeness (QED) is 0.692. The number of aromatic nitrogens is 3. The number of amides is 2. The summed E-state index contributed by atoms with van der Waals surface area (Å²) in [6, 6.07) is -0.261. The number of H-pyrrole nitrogens is 1. The number of hydrogen-bond donors (Lipinski definition) is 3. The van der Waals surface area contributed by atoms with Crippen LogP contribution >= 0.6 is 0 Å². The lowest BCUT2D eigenvalue weighted by molar-refractivity contribution is 0.0671. The zero-order valence-corrected chi connectivity index (χ0v) is 8.90. The molecular weight excluding hydrogens is 210 g/mol. The molecule has 0 aliphatic carbocycles. The van der Waals surface area contributed by atoms with Crippen LogP contribution < -0.4 is 10.6 Å². The average Bonchev–Trinajstić information content (AvgIpc) is 2.81. The summed E-state index contributed by atoms with van der Waals surface area (Å²) in [4.78, 5) is 15.2. The normalized spacial score (nSPS) is 17.0. The third-order valence-electron chi connectivity index (χ3n) is 2.54. The molecule has 0 spiro atoms. The standard InChI is InChI=1S/C9H15N5O2/c15-9(13-8-11-6-12-14-8)10-5-7-1-3-16-4-2-7/h6-7H,1-5H2,(H3,10,11,12,13,14,15). The lowest BCUT2D eigenvalue weighted by Gasteiger charge is -2.21. The molecule has 7 heteroatoms. The molecular formula is C9H15N5O2. The number of urea groups is 1. The van der Waals surface area contributed by atoms with Crippen LogP contribution in [0.4, 0.5) is 10.7 Å². The van der Waals surface area contributed by atoms with Crippen molar-refractivity contribution in [2.45, 2.75) is 12.8 Å². The lowest BCUT2D eigenvalue weighted by atomic mass is 10.0. The Labute approximate surface area is 93.0 Å². The first-order valence-corrected chi connectivity index (χ1v) is 5.32. The number of aromatic amines is 1. The van der Waals surface area contributed by atoms with E-state index in [-0.39, 0.29) is 6.03 Å². The fourth-order valence-corrected chi connectivity index (χ4v) is 1.60. The van der Waals surface area contributed by atoms with Crippen LogP contribution in [0.1, 0.15) is 12.8 Å². The Hall–Kier alpha value is -1.63. The van der Waals surface area contributed by atoms with Crippen molar-refractivity contribution in [1.29, 1.82) is 0 Å². The van der Waals surface area contributed by atoms with Gasteiger partial charge in [-0.25, -0.2) is 9.89 Å². The lowest BCUT2D eigenvalue weighted by Crippen LogP contribution is -2.35. The fourth-order valence-electron chi connectivity index (χ4n) is 1.60. The molecule has 0 radical (unpaired) electrons. The van der Waals surface area contributed by atoms with Gasteiger partial charge in [0.15, 0.2) is 0 Å². The summed E-state index contributed by atoms with van der Waals surface area (Å²) >= 11 is 0. The van der Waals surface area contributed by atoms with Crippen molar-refractivity contribution in [3.05, 3.63) is 6.33 Å². The molecule has 1 aromatic rings. The van der Waals surface area contributed by atoms with Crippen LogP contribution in [0.15, 0.2) is 6.33 Å². The van der Waals surface area contributed by atoms with Gasteiger partial charge >= 0.3 is 6.03 Å². The first-order chi connectivity index (χ1) is 7.84. The zero-order valence-electron chi connectivity index (χ0n) is 8.90. The molecule has 0 aromatic carbocycles. The SMILES string of the molecule is O=C(NCC1CCOCC1)Nc1ncn[nH]1. The molecule has 0 bridgehead atoms. The van der Waals surface area contributed by atoms with Crippen LogP contribution in [-0.4, -0.2) is 41.0 Å². The zero-order chi connectivity index (χ0) is 11.2. The largest absolute Gasteiger partial charge is 0.381 e. The van der Waals surface area contributed by atoms with E-state index >= 15 is 0 Å². The summed E-state index contributed by atoms with van der Waals surface area (Å²) in [5.74, 6) is 0.860. The molecule has 0 saturated carbocycles. The highest BCUT2D eigenvalue weighted by Gasteiger charge is 2.14. The van der Waals surface area contributed by atoms with Gasteiger partial charge in [0.1, 0.15) is 6.33 Å². The number of hydrogen-bond acceptors (Lipinski definition) is 4. The van der Waals surface area contributed by atoms with Crippen molar-refractivity contribution in [3.63, 3.8) is 0 Å². The summed E-state index contributed by atoms with van der Waals surface area (Å²) in [5.41, 5.74) is 0. The van der Waals surface area contributed by atoms with E-state index in [0.29, 0.717) is 18.4 Å². The maximum absolute atomic E-state index is 11.4. The molecule has 1 aliphatic rings. The molecule has 0 unspecified atom stereocenters. The van der Waals surface area contributed by atoms with Gasteiger partial charge in [-0.2, -0.15) is 10.1 Å². The number of anilines is 1. The van der Waals surface area contributed by atoms with Gasteiger partial charge < -0.3 is 10.1 Å². The topological polar surface area (TPSA) is 91.9 Å². The molecule has 1 aromatic heterocycles.